The Morgan fingerprint density at radius 3 is 2.40 bits per heavy atom. The summed E-state index contributed by atoms with van der Waals surface area (Å²) in [5, 5.41) is 2.66. The largest absolute Gasteiger partial charge is 0.354 e. The first kappa shape index (κ1) is 16.9. The Bertz CT molecular complexity index is 461. The van der Waals surface area contributed by atoms with Gasteiger partial charge in [-0.2, -0.15) is 0 Å². The van der Waals surface area contributed by atoms with Crippen molar-refractivity contribution in [3.8, 4) is 0 Å². The number of carbonyl (C=O) groups excluding carboxylic acids is 2. The van der Waals surface area contributed by atoms with E-state index in [0.717, 1.165) is 0 Å². The lowest BCUT2D eigenvalue weighted by atomic mass is 10.2. The van der Waals surface area contributed by atoms with Gasteiger partial charge in [0.15, 0.2) is 9.84 Å². The number of rotatable bonds is 6. The van der Waals surface area contributed by atoms with Crippen LogP contribution in [0.2, 0.25) is 0 Å². The summed E-state index contributed by atoms with van der Waals surface area (Å²) in [6.07, 6.45) is 0.216. The molecule has 0 aromatic heterocycles. The van der Waals surface area contributed by atoms with E-state index in [0.29, 0.717) is 19.5 Å². The molecule has 0 radical (unpaired) electrons. The quantitative estimate of drug-likeness (QED) is 0.616. The molecule has 0 aromatic rings. The Hall–Kier alpha value is -1.15. The maximum Gasteiger partial charge on any atom is 0.232 e. The molecule has 1 atom stereocenters. The minimum absolute atomic E-state index is 0.00249. The number of nitrogens with zero attached hydrogens (tertiary/aromatic N) is 2. The van der Waals surface area contributed by atoms with Crippen LogP contribution in [0.5, 0.6) is 0 Å². The summed E-state index contributed by atoms with van der Waals surface area (Å²) in [4.78, 5) is 26.8. The predicted octanol–water partition coefficient (Wildman–Crippen LogP) is -1.30. The van der Waals surface area contributed by atoms with Crippen LogP contribution in [-0.2, 0) is 19.4 Å². The summed E-state index contributed by atoms with van der Waals surface area (Å²) in [5.74, 6) is -0.555. The highest BCUT2D eigenvalue weighted by Gasteiger charge is 2.33. The van der Waals surface area contributed by atoms with E-state index in [-0.39, 0.29) is 35.8 Å². The molecule has 1 heterocycles. The molecule has 2 amide bonds. The van der Waals surface area contributed by atoms with E-state index >= 15 is 0 Å². The lowest BCUT2D eigenvalue weighted by Crippen LogP contribution is -2.41. The normalized spacial score (nSPS) is 20.9. The Morgan fingerprint density at radius 1 is 1.25 bits per heavy atom. The topological polar surface area (TPSA) is 86.8 Å². The molecule has 0 bridgehead atoms. The van der Waals surface area contributed by atoms with Gasteiger partial charge in [0, 0.05) is 26.2 Å². The second kappa shape index (κ2) is 7.03. The van der Waals surface area contributed by atoms with Crippen molar-refractivity contribution in [3.63, 3.8) is 0 Å². The number of nitrogens with one attached hydrogen (secondary N) is 1. The van der Waals surface area contributed by atoms with Crippen molar-refractivity contribution in [2.75, 3.05) is 45.7 Å². The van der Waals surface area contributed by atoms with Crippen LogP contribution in [0.15, 0.2) is 0 Å². The SMILES string of the molecule is CN(C)CCNC(=O)CC(=O)N(C)C1CCS(=O)(=O)C1. The third kappa shape index (κ3) is 5.46. The highest BCUT2D eigenvalue weighted by molar-refractivity contribution is 7.91. The summed E-state index contributed by atoms with van der Waals surface area (Å²) in [5.41, 5.74) is 0. The van der Waals surface area contributed by atoms with Crippen LogP contribution in [0.3, 0.4) is 0 Å². The number of amides is 2. The average Bonchev–Trinajstić information content (AvgIpc) is 2.68. The number of likely N-dealkylation sites (N-methyl/N-ethyl adjacent to an activating group) is 1. The first-order valence-electron chi connectivity index (χ1n) is 6.59. The van der Waals surface area contributed by atoms with E-state index in [1.54, 1.807) is 7.05 Å². The zero-order valence-electron chi connectivity index (χ0n) is 12.3. The van der Waals surface area contributed by atoms with E-state index in [4.69, 9.17) is 0 Å². The van der Waals surface area contributed by atoms with Gasteiger partial charge in [-0.15, -0.1) is 0 Å². The van der Waals surface area contributed by atoms with Gasteiger partial charge >= 0.3 is 0 Å². The van der Waals surface area contributed by atoms with Gasteiger partial charge in [-0.3, -0.25) is 9.59 Å². The molecule has 1 unspecified atom stereocenters. The molecule has 0 saturated carbocycles. The van der Waals surface area contributed by atoms with E-state index in [1.807, 2.05) is 19.0 Å². The molecule has 8 heteroatoms. The third-order valence-electron chi connectivity index (χ3n) is 3.34. The first-order chi connectivity index (χ1) is 9.21. The molecular formula is C12H23N3O4S. The fourth-order valence-electron chi connectivity index (χ4n) is 2.03. The van der Waals surface area contributed by atoms with Gasteiger partial charge in [0.2, 0.25) is 11.8 Å². The maximum absolute atomic E-state index is 11.9. The van der Waals surface area contributed by atoms with Crippen molar-refractivity contribution in [2.24, 2.45) is 0 Å². The Morgan fingerprint density at radius 2 is 1.90 bits per heavy atom. The molecule has 20 heavy (non-hydrogen) atoms. The van der Waals surface area contributed by atoms with Gasteiger partial charge in [-0.05, 0) is 20.5 Å². The van der Waals surface area contributed by atoms with Gasteiger partial charge < -0.3 is 15.1 Å². The molecule has 1 fully saturated rings. The average molecular weight is 305 g/mol. The molecule has 116 valence electrons. The molecule has 0 aliphatic carbocycles. The molecule has 1 N–H and O–H groups in total. The molecule has 1 aliphatic heterocycles. The zero-order chi connectivity index (χ0) is 15.3. The van der Waals surface area contributed by atoms with E-state index < -0.39 is 9.84 Å². The standard InChI is InChI=1S/C12H23N3O4S/c1-14(2)6-5-13-11(16)8-12(17)15(3)10-4-7-20(18,19)9-10/h10H,4-9H2,1-3H3,(H,13,16). The Kier molecular flexibility index (Phi) is 5.94. The third-order valence-corrected chi connectivity index (χ3v) is 5.09. The number of hydrogen-bond donors (Lipinski definition) is 1. The van der Waals surface area contributed by atoms with Crippen LogP contribution in [-0.4, -0.2) is 81.8 Å². The number of hydrogen-bond acceptors (Lipinski definition) is 5. The lowest BCUT2D eigenvalue weighted by molar-refractivity contribution is -0.136. The minimum atomic E-state index is -3.03. The molecule has 1 aliphatic rings. The van der Waals surface area contributed by atoms with Crippen LogP contribution >= 0.6 is 0 Å². The van der Waals surface area contributed by atoms with Crippen molar-refractivity contribution < 1.29 is 18.0 Å². The van der Waals surface area contributed by atoms with Crippen LogP contribution < -0.4 is 5.32 Å². The van der Waals surface area contributed by atoms with E-state index in [9.17, 15) is 18.0 Å². The fourth-order valence-corrected chi connectivity index (χ4v) is 3.80. The highest BCUT2D eigenvalue weighted by Crippen LogP contribution is 2.17. The molecule has 1 saturated heterocycles. The van der Waals surface area contributed by atoms with Crippen LogP contribution in [0.4, 0.5) is 0 Å². The van der Waals surface area contributed by atoms with Crippen molar-refractivity contribution in [1.29, 1.82) is 0 Å². The summed E-state index contributed by atoms with van der Waals surface area (Å²) in [6.45, 7) is 1.19. The summed E-state index contributed by atoms with van der Waals surface area (Å²) >= 11 is 0. The Balaban J connectivity index is 2.36. The van der Waals surface area contributed by atoms with Crippen molar-refractivity contribution in [3.05, 3.63) is 0 Å². The molecular weight excluding hydrogens is 282 g/mol. The van der Waals surface area contributed by atoms with Gasteiger partial charge in [-0.25, -0.2) is 8.42 Å². The van der Waals surface area contributed by atoms with Crippen LogP contribution in [0.1, 0.15) is 12.8 Å². The van der Waals surface area contributed by atoms with Gasteiger partial charge in [0.25, 0.3) is 0 Å². The first-order valence-corrected chi connectivity index (χ1v) is 8.41. The second-order valence-electron chi connectivity index (χ2n) is 5.39. The molecule has 0 spiro atoms. The predicted molar refractivity (Wildman–Crippen MR) is 76.0 cm³/mol. The highest BCUT2D eigenvalue weighted by atomic mass is 32.2. The number of sulfone groups is 1. The zero-order valence-corrected chi connectivity index (χ0v) is 13.1. The van der Waals surface area contributed by atoms with Crippen LogP contribution in [0, 0.1) is 0 Å². The molecule has 7 nitrogen and oxygen atoms in total. The Labute approximate surface area is 120 Å². The van der Waals surface area contributed by atoms with Crippen molar-refractivity contribution >= 4 is 21.7 Å². The molecule has 0 aromatic carbocycles. The number of carbonyl (C=O) groups is 2. The van der Waals surface area contributed by atoms with Gasteiger partial charge in [-0.1, -0.05) is 0 Å². The fraction of sp³-hybridized carbons (Fsp3) is 0.833. The smallest absolute Gasteiger partial charge is 0.232 e. The molecule has 1 rings (SSSR count). The van der Waals surface area contributed by atoms with E-state index in [2.05, 4.69) is 5.32 Å². The monoisotopic (exact) mass is 305 g/mol. The second-order valence-corrected chi connectivity index (χ2v) is 7.62. The summed E-state index contributed by atoms with van der Waals surface area (Å²) in [6, 6.07) is -0.304. The summed E-state index contributed by atoms with van der Waals surface area (Å²) < 4.78 is 22.7. The maximum atomic E-state index is 11.9. The van der Waals surface area contributed by atoms with Gasteiger partial charge in [0.05, 0.1) is 11.5 Å². The van der Waals surface area contributed by atoms with E-state index in [1.165, 1.54) is 4.90 Å². The van der Waals surface area contributed by atoms with Crippen LogP contribution in [0.25, 0.3) is 0 Å². The lowest BCUT2D eigenvalue weighted by Gasteiger charge is -2.23. The minimum Gasteiger partial charge on any atom is -0.354 e. The summed E-state index contributed by atoms with van der Waals surface area (Å²) in [7, 11) is 2.32. The van der Waals surface area contributed by atoms with Crippen molar-refractivity contribution in [1.82, 2.24) is 15.1 Å². The van der Waals surface area contributed by atoms with Gasteiger partial charge in [0.1, 0.15) is 6.42 Å². The van der Waals surface area contributed by atoms with Crippen molar-refractivity contribution in [2.45, 2.75) is 18.9 Å².